The molecule has 0 aliphatic rings. The molecule has 0 bridgehead atoms. The van der Waals surface area contributed by atoms with Gasteiger partial charge < -0.3 is 9.09 Å². The second-order valence-electron chi connectivity index (χ2n) is 4.28. The number of carbonyl (C=O) groups is 1. The minimum atomic E-state index is 0.579. The molecule has 2 aromatic heterocycles. The van der Waals surface area contributed by atoms with E-state index in [1.807, 2.05) is 48.0 Å². The molecule has 0 unspecified atom stereocenters. The zero-order chi connectivity index (χ0) is 12.5. The van der Waals surface area contributed by atoms with Crippen LogP contribution in [0.2, 0.25) is 0 Å². The Balaban J connectivity index is 2.09. The molecule has 0 atom stereocenters. The average Bonchev–Trinajstić information content (AvgIpc) is 2.97. The first kappa shape index (κ1) is 10.8. The van der Waals surface area contributed by atoms with Gasteiger partial charge in [-0.1, -0.05) is 17.3 Å². The lowest BCUT2D eigenvalue weighted by Gasteiger charge is -2.04. The van der Waals surface area contributed by atoms with Crippen molar-refractivity contribution in [3.8, 4) is 0 Å². The Bertz CT molecular complexity index is 709. The highest BCUT2D eigenvalue weighted by Gasteiger charge is 2.08. The molecule has 0 amide bonds. The normalized spacial score (nSPS) is 10.9. The Labute approximate surface area is 104 Å². The standard InChI is InChI=1S/C14H12N2O2/c1-10-7-13(18-15-10)8-16-6-5-11-3-2-4-12(9-17)14(11)16/h2-7,9H,8H2,1H3. The fraction of sp³-hybridized carbons (Fsp3) is 0.143. The number of nitrogens with zero attached hydrogens (tertiary/aromatic N) is 2. The third-order valence-electron chi connectivity index (χ3n) is 2.95. The smallest absolute Gasteiger partial charge is 0.156 e. The molecule has 1 aromatic carbocycles. The molecule has 18 heavy (non-hydrogen) atoms. The second kappa shape index (κ2) is 4.14. The molecule has 90 valence electrons. The molecule has 4 nitrogen and oxygen atoms in total. The molecule has 0 fully saturated rings. The number of hydrogen-bond donors (Lipinski definition) is 0. The number of benzene rings is 1. The van der Waals surface area contributed by atoms with Crippen LogP contribution >= 0.6 is 0 Å². The number of aldehydes is 1. The lowest BCUT2D eigenvalue weighted by Crippen LogP contribution is -1.98. The van der Waals surface area contributed by atoms with Crippen LogP contribution in [0.25, 0.3) is 10.9 Å². The van der Waals surface area contributed by atoms with E-state index >= 15 is 0 Å². The number of aromatic nitrogens is 2. The van der Waals surface area contributed by atoms with E-state index in [0.717, 1.165) is 28.6 Å². The van der Waals surface area contributed by atoms with Gasteiger partial charge in [-0.3, -0.25) is 4.79 Å². The van der Waals surface area contributed by atoms with E-state index in [1.165, 1.54) is 0 Å². The van der Waals surface area contributed by atoms with Crippen molar-refractivity contribution in [1.29, 1.82) is 0 Å². The molecular weight excluding hydrogens is 228 g/mol. The van der Waals surface area contributed by atoms with Gasteiger partial charge in [0.2, 0.25) is 0 Å². The molecule has 0 N–H and O–H groups in total. The van der Waals surface area contributed by atoms with Crippen molar-refractivity contribution >= 4 is 17.2 Å². The molecule has 3 aromatic rings. The number of fused-ring (bicyclic) bond motifs is 1. The predicted octanol–water partition coefficient (Wildman–Crippen LogP) is 2.80. The Morgan fingerprint density at radius 1 is 1.39 bits per heavy atom. The molecule has 0 saturated carbocycles. The summed E-state index contributed by atoms with van der Waals surface area (Å²) in [6.45, 7) is 2.47. The van der Waals surface area contributed by atoms with Crippen molar-refractivity contribution in [3.05, 3.63) is 53.5 Å². The SMILES string of the molecule is Cc1cc(Cn2ccc3cccc(C=O)c32)on1. The Morgan fingerprint density at radius 2 is 2.28 bits per heavy atom. The summed E-state index contributed by atoms with van der Waals surface area (Å²) < 4.78 is 7.20. The van der Waals surface area contributed by atoms with E-state index in [4.69, 9.17) is 4.52 Å². The van der Waals surface area contributed by atoms with Gasteiger partial charge in [-0.15, -0.1) is 0 Å². The summed E-state index contributed by atoms with van der Waals surface area (Å²) in [5.74, 6) is 0.783. The quantitative estimate of drug-likeness (QED) is 0.661. The van der Waals surface area contributed by atoms with Gasteiger partial charge >= 0.3 is 0 Å². The van der Waals surface area contributed by atoms with Crippen molar-refractivity contribution in [2.45, 2.75) is 13.5 Å². The first-order valence-corrected chi connectivity index (χ1v) is 5.73. The van der Waals surface area contributed by atoms with Gasteiger partial charge in [0, 0.05) is 23.2 Å². The second-order valence-corrected chi connectivity index (χ2v) is 4.28. The molecule has 2 heterocycles. The largest absolute Gasteiger partial charge is 0.359 e. The Hall–Kier alpha value is -2.36. The average molecular weight is 240 g/mol. The van der Waals surface area contributed by atoms with Crippen LogP contribution < -0.4 is 0 Å². The molecular formula is C14H12N2O2. The first-order valence-electron chi connectivity index (χ1n) is 5.73. The topological polar surface area (TPSA) is 48.0 Å². The highest BCUT2D eigenvalue weighted by molar-refractivity contribution is 5.96. The zero-order valence-electron chi connectivity index (χ0n) is 9.96. The summed E-state index contributed by atoms with van der Waals surface area (Å²) in [7, 11) is 0. The molecule has 0 radical (unpaired) electrons. The van der Waals surface area contributed by atoms with Crippen LogP contribution in [-0.4, -0.2) is 16.0 Å². The van der Waals surface area contributed by atoms with Crippen LogP contribution in [0.15, 0.2) is 41.1 Å². The minimum absolute atomic E-state index is 0.579. The molecule has 0 saturated heterocycles. The summed E-state index contributed by atoms with van der Waals surface area (Å²) in [5, 5.41) is 4.91. The van der Waals surface area contributed by atoms with Gasteiger partial charge in [0.05, 0.1) is 17.8 Å². The van der Waals surface area contributed by atoms with Crippen LogP contribution in [0.4, 0.5) is 0 Å². The molecule has 0 aliphatic carbocycles. The molecule has 0 spiro atoms. The van der Waals surface area contributed by atoms with E-state index in [0.29, 0.717) is 12.1 Å². The zero-order valence-corrected chi connectivity index (χ0v) is 9.96. The van der Waals surface area contributed by atoms with E-state index in [-0.39, 0.29) is 0 Å². The summed E-state index contributed by atoms with van der Waals surface area (Å²) in [6.07, 6.45) is 2.83. The fourth-order valence-electron chi connectivity index (χ4n) is 2.18. The van der Waals surface area contributed by atoms with Crippen molar-refractivity contribution in [2.24, 2.45) is 0 Å². The van der Waals surface area contributed by atoms with Crippen molar-refractivity contribution < 1.29 is 9.32 Å². The van der Waals surface area contributed by atoms with Crippen molar-refractivity contribution in [1.82, 2.24) is 9.72 Å². The van der Waals surface area contributed by atoms with E-state index in [1.54, 1.807) is 0 Å². The lowest BCUT2D eigenvalue weighted by molar-refractivity contribution is 0.112. The minimum Gasteiger partial charge on any atom is -0.359 e. The summed E-state index contributed by atoms with van der Waals surface area (Å²) in [4.78, 5) is 11.1. The third kappa shape index (κ3) is 1.72. The molecule has 0 aliphatic heterocycles. The van der Waals surface area contributed by atoms with Gasteiger partial charge in [-0.25, -0.2) is 0 Å². The van der Waals surface area contributed by atoms with E-state index in [2.05, 4.69) is 5.16 Å². The predicted molar refractivity (Wildman–Crippen MR) is 67.7 cm³/mol. The third-order valence-corrected chi connectivity index (χ3v) is 2.95. The number of carbonyl (C=O) groups excluding carboxylic acids is 1. The van der Waals surface area contributed by atoms with Gasteiger partial charge in [0.1, 0.15) is 0 Å². The van der Waals surface area contributed by atoms with Gasteiger partial charge in [0.15, 0.2) is 12.0 Å². The van der Waals surface area contributed by atoms with E-state index < -0.39 is 0 Å². The number of aryl methyl sites for hydroxylation is 1. The number of para-hydroxylation sites is 1. The highest BCUT2D eigenvalue weighted by atomic mass is 16.5. The fourth-order valence-corrected chi connectivity index (χ4v) is 2.18. The van der Waals surface area contributed by atoms with Crippen LogP contribution in [0.3, 0.4) is 0 Å². The maximum absolute atomic E-state index is 11.1. The first-order chi connectivity index (χ1) is 8.78. The highest BCUT2D eigenvalue weighted by Crippen LogP contribution is 2.20. The van der Waals surface area contributed by atoms with Gasteiger partial charge in [-0.2, -0.15) is 0 Å². The monoisotopic (exact) mass is 240 g/mol. The lowest BCUT2D eigenvalue weighted by atomic mass is 10.1. The van der Waals surface area contributed by atoms with Crippen LogP contribution in [0.1, 0.15) is 21.8 Å². The van der Waals surface area contributed by atoms with Crippen LogP contribution in [-0.2, 0) is 6.54 Å². The van der Waals surface area contributed by atoms with Gasteiger partial charge in [-0.05, 0) is 19.1 Å². The molecule has 4 heteroatoms. The molecule has 3 rings (SSSR count). The van der Waals surface area contributed by atoms with Crippen LogP contribution in [0, 0.1) is 6.92 Å². The van der Waals surface area contributed by atoms with Crippen molar-refractivity contribution in [2.75, 3.05) is 0 Å². The Morgan fingerprint density at radius 3 is 3.00 bits per heavy atom. The van der Waals surface area contributed by atoms with Gasteiger partial charge in [0.25, 0.3) is 0 Å². The summed E-state index contributed by atoms with van der Waals surface area (Å²) >= 11 is 0. The number of hydrogen-bond acceptors (Lipinski definition) is 3. The summed E-state index contributed by atoms with van der Waals surface area (Å²) in [5.41, 5.74) is 2.48. The summed E-state index contributed by atoms with van der Waals surface area (Å²) in [6, 6.07) is 9.58. The maximum atomic E-state index is 11.1. The van der Waals surface area contributed by atoms with Crippen molar-refractivity contribution in [3.63, 3.8) is 0 Å². The van der Waals surface area contributed by atoms with E-state index in [9.17, 15) is 4.79 Å². The maximum Gasteiger partial charge on any atom is 0.156 e. The van der Waals surface area contributed by atoms with Crippen LogP contribution in [0.5, 0.6) is 0 Å². The number of rotatable bonds is 3. The Kier molecular flexibility index (Phi) is 2.48.